The van der Waals surface area contributed by atoms with E-state index in [1.807, 2.05) is 52.8 Å². The molecule has 1 fully saturated rings. The van der Waals surface area contributed by atoms with E-state index in [0.717, 1.165) is 11.4 Å². The van der Waals surface area contributed by atoms with E-state index in [1.54, 1.807) is 11.0 Å². The van der Waals surface area contributed by atoms with Gasteiger partial charge in [-0.2, -0.15) is 0 Å². The average molecular weight is 544 g/mol. The summed E-state index contributed by atoms with van der Waals surface area (Å²) in [6, 6.07) is 7.29. The van der Waals surface area contributed by atoms with Gasteiger partial charge in [-0.1, -0.05) is 35.1 Å². The van der Waals surface area contributed by atoms with E-state index in [0.29, 0.717) is 58.5 Å². The minimum absolute atomic E-state index is 0.288. The SMILES string of the molecule is Cc1nc(Nc2ncc(C(=O)Nc3c(C)cccc3Cl)s2)cc(N2CCN(C(=O)OC(C)(C)C)CC2)n1. The summed E-state index contributed by atoms with van der Waals surface area (Å²) in [6.07, 6.45) is 1.21. The molecule has 196 valence electrons. The van der Waals surface area contributed by atoms with Crippen LogP contribution in [-0.4, -0.2) is 63.6 Å². The van der Waals surface area contributed by atoms with Crippen LogP contribution in [0.25, 0.3) is 0 Å². The molecule has 0 aliphatic carbocycles. The van der Waals surface area contributed by atoms with Gasteiger partial charge in [0.1, 0.15) is 27.9 Å². The maximum absolute atomic E-state index is 12.8. The second-order valence-electron chi connectivity index (χ2n) is 9.65. The van der Waals surface area contributed by atoms with E-state index in [1.165, 1.54) is 17.5 Å². The van der Waals surface area contributed by atoms with Crippen molar-refractivity contribution in [2.75, 3.05) is 41.7 Å². The van der Waals surface area contributed by atoms with Crippen LogP contribution in [-0.2, 0) is 4.74 Å². The summed E-state index contributed by atoms with van der Waals surface area (Å²) >= 11 is 7.45. The summed E-state index contributed by atoms with van der Waals surface area (Å²) in [5, 5.41) is 7.04. The Hall–Kier alpha value is -3.44. The number of piperazine rings is 1. The molecular weight excluding hydrogens is 514 g/mol. The van der Waals surface area contributed by atoms with Crippen LogP contribution in [0.4, 0.5) is 27.2 Å². The maximum atomic E-state index is 12.8. The highest BCUT2D eigenvalue weighted by Crippen LogP contribution is 2.28. The van der Waals surface area contributed by atoms with Crippen molar-refractivity contribution in [3.05, 3.63) is 51.7 Å². The Bertz CT molecular complexity index is 1280. The van der Waals surface area contributed by atoms with E-state index in [4.69, 9.17) is 16.3 Å². The molecular formula is C25H30ClN7O3S. The van der Waals surface area contributed by atoms with Gasteiger partial charge in [-0.15, -0.1) is 0 Å². The van der Waals surface area contributed by atoms with Gasteiger partial charge in [-0.05, 0) is 46.2 Å². The number of rotatable bonds is 5. The summed E-state index contributed by atoms with van der Waals surface area (Å²) in [4.78, 5) is 42.7. The highest BCUT2D eigenvalue weighted by molar-refractivity contribution is 7.17. The number of ether oxygens (including phenoxy) is 1. The van der Waals surface area contributed by atoms with Gasteiger partial charge in [0.2, 0.25) is 0 Å². The number of hydrogen-bond acceptors (Lipinski definition) is 9. The number of benzene rings is 1. The zero-order chi connectivity index (χ0) is 26.7. The van der Waals surface area contributed by atoms with E-state index < -0.39 is 5.60 Å². The van der Waals surface area contributed by atoms with Crippen LogP contribution < -0.4 is 15.5 Å². The standard InChI is InChI=1S/C25H30ClN7O3S/c1-15-7-6-8-17(26)21(15)31-22(34)18-14-27-23(37-18)30-19-13-20(29-16(2)28-19)32-9-11-33(12-10-32)24(35)36-25(3,4)5/h6-8,13-14H,9-12H2,1-5H3,(H,31,34)(H,27,28,29,30). The van der Waals surface area contributed by atoms with Crippen LogP contribution in [0.5, 0.6) is 0 Å². The summed E-state index contributed by atoms with van der Waals surface area (Å²) in [7, 11) is 0. The number of hydrogen-bond donors (Lipinski definition) is 2. The van der Waals surface area contributed by atoms with Crippen molar-refractivity contribution < 1.29 is 14.3 Å². The van der Waals surface area contributed by atoms with Crippen molar-refractivity contribution in [3.63, 3.8) is 0 Å². The Morgan fingerprint density at radius 1 is 1.11 bits per heavy atom. The number of aromatic nitrogens is 3. The third-order valence-corrected chi connectivity index (χ3v) is 6.73. The molecule has 0 atom stereocenters. The molecule has 4 rings (SSSR count). The zero-order valence-corrected chi connectivity index (χ0v) is 23.0. The fraction of sp³-hybridized carbons (Fsp3) is 0.400. The second-order valence-corrected chi connectivity index (χ2v) is 11.1. The first-order chi connectivity index (χ1) is 17.5. The molecule has 2 N–H and O–H groups in total. The number of nitrogens with one attached hydrogen (secondary N) is 2. The fourth-order valence-corrected chi connectivity index (χ4v) is 4.72. The molecule has 0 radical (unpaired) electrons. The van der Waals surface area contributed by atoms with E-state index >= 15 is 0 Å². The molecule has 1 aliphatic rings. The Kier molecular flexibility index (Phi) is 7.84. The predicted octanol–water partition coefficient (Wildman–Crippen LogP) is 5.26. The van der Waals surface area contributed by atoms with Crippen molar-refractivity contribution in [3.8, 4) is 0 Å². The van der Waals surface area contributed by atoms with Crippen LogP contribution in [0.3, 0.4) is 0 Å². The van der Waals surface area contributed by atoms with E-state index in [-0.39, 0.29) is 12.0 Å². The van der Waals surface area contributed by atoms with Gasteiger partial charge >= 0.3 is 6.09 Å². The average Bonchev–Trinajstić information content (AvgIpc) is 3.28. The van der Waals surface area contributed by atoms with Gasteiger partial charge in [0, 0.05) is 32.2 Å². The van der Waals surface area contributed by atoms with Crippen molar-refractivity contribution in [2.24, 2.45) is 0 Å². The van der Waals surface area contributed by atoms with Crippen LogP contribution in [0.1, 0.15) is 41.8 Å². The quantitative estimate of drug-likeness (QED) is 0.448. The molecule has 0 unspecified atom stereocenters. The molecule has 2 amide bonds. The Morgan fingerprint density at radius 2 is 1.84 bits per heavy atom. The first-order valence-corrected chi connectivity index (χ1v) is 13.1. The molecule has 37 heavy (non-hydrogen) atoms. The fourth-order valence-electron chi connectivity index (χ4n) is 3.73. The maximum Gasteiger partial charge on any atom is 0.410 e. The zero-order valence-electron chi connectivity index (χ0n) is 21.5. The lowest BCUT2D eigenvalue weighted by Gasteiger charge is -2.36. The number of thiazole rings is 1. The topological polar surface area (TPSA) is 113 Å². The normalized spacial score (nSPS) is 13.9. The number of para-hydroxylation sites is 1. The molecule has 2 aromatic heterocycles. The Balaban J connectivity index is 1.40. The largest absolute Gasteiger partial charge is 0.444 e. The molecule has 0 saturated carbocycles. The van der Waals surface area contributed by atoms with E-state index in [9.17, 15) is 9.59 Å². The monoisotopic (exact) mass is 543 g/mol. The number of amides is 2. The lowest BCUT2D eigenvalue weighted by molar-refractivity contribution is 0.0240. The number of nitrogens with zero attached hydrogens (tertiary/aromatic N) is 5. The first-order valence-electron chi connectivity index (χ1n) is 11.9. The van der Waals surface area contributed by atoms with Gasteiger partial charge in [0.15, 0.2) is 5.13 Å². The third kappa shape index (κ3) is 6.86. The minimum atomic E-state index is -0.525. The van der Waals surface area contributed by atoms with Gasteiger partial charge in [-0.3, -0.25) is 4.79 Å². The number of halogens is 1. The minimum Gasteiger partial charge on any atom is -0.444 e. The van der Waals surface area contributed by atoms with Gasteiger partial charge in [0.25, 0.3) is 5.91 Å². The summed E-state index contributed by atoms with van der Waals surface area (Å²) < 4.78 is 5.48. The summed E-state index contributed by atoms with van der Waals surface area (Å²) in [6.45, 7) is 11.6. The summed E-state index contributed by atoms with van der Waals surface area (Å²) in [5.41, 5.74) is 0.933. The predicted molar refractivity (Wildman–Crippen MR) is 146 cm³/mol. The van der Waals surface area contributed by atoms with Crippen LogP contribution >= 0.6 is 22.9 Å². The lowest BCUT2D eigenvalue weighted by Crippen LogP contribution is -2.50. The smallest absolute Gasteiger partial charge is 0.410 e. The first kappa shape index (κ1) is 26.6. The van der Waals surface area contributed by atoms with Gasteiger partial charge < -0.3 is 25.2 Å². The molecule has 1 saturated heterocycles. The molecule has 1 aliphatic heterocycles. The molecule has 0 bridgehead atoms. The summed E-state index contributed by atoms with van der Waals surface area (Å²) in [5.74, 6) is 1.63. The van der Waals surface area contributed by atoms with Crippen molar-refractivity contribution in [1.82, 2.24) is 19.9 Å². The lowest BCUT2D eigenvalue weighted by atomic mass is 10.2. The number of carbonyl (C=O) groups is 2. The van der Waals surface area contributed by atoms with E-state index in [2.05, 4.69) is 30.5 Å². The number of aryl methyl sites for hydroxylation is 2. The number of carbonyl (C=O) groups excluding carboxylic acids is 2. The van der Waals surface area contributed by atoms with Crippen molar-refractivity contribution in [2.45, 2.75) is 40.2 Å². The van der Waals surface area contributed by atoms with Crippen molar-refractivity contribution in [1.29, 1.82) is 0 Å². The highest BCUT2D eigenvalue weighted by atomic mass is 35.5. The van der Waals surface area contributed by atoms with Gasteiger partial charge in [-0.25, -0.2) is 19.7 Å². The number of anilines is 4. The second kappa shape index (κ2) is 10.9. The van der Waals surface area contributed by atoms with Crippen molar-refractivity contribution >= 4 is 57.4 Å². The highest BCUT2D eigenvalue weighted by Gasteiger charge is 2.26. The molecule has 1 aromatic carbocycles. The molecule has 0 spiro atoms. The molecule has 3 heterocycles. The Labute approximate surface area is 225 Å². The molecule has 3 aromatic rings. The molecule has 10 nitrogen and oxygen atoms in total. The van der Waals surface area contributed by atoms with Crippen LogP contribution in [0.15, 0.2) is 30.5 Å². The third-order valence-electron chi connectivity index (χ3n) is 5.50. The van der Waals surface area contributed by atoms with Crippen LogP contribution in [0.2, 0.25) is 5.02 Å². The van der Waals surface area contributed by atoms with Gasteiger partial charge in [0.05, 0.1) is 16.9 Å². The Morgan fingerprint density at radius 3 is 2.51 bits per heavy atom. The molecule has 12 heteroatoms. The van der Waals surface area contributed by atoms with Crippen LogP contribution in [0, 0.1) is 13.8 Å².